The van der Waals surface area contributed by atoms with Crippen LogP contribution >= 0.6 is 0 Å². The van der Waals surface area contributed by atoms with Gasteiger partial charge in [-0.3, -0.25) is 14.4 Å². The third-order valence-electron chi connectivity index (χ3n) is 5.92. The van der Waals surface area contributed by atoms with E-state index in [1.165, 1.54) is 4.90 Å². The highest BCUT2D eigenvalue weighted by Crippen LogP contribution is 2.32. The van der Waals surface area contributed by atoms with Gasteiger partial charge < -0.3 is 10.2 Å². The second kappa shape index (κ2) is 7.44. The Morgan fingerprint density at radius 3 is 2.41 bits per heavy atom. The number of hydrogen-bond donors (Lipinski definition) is 1. The Morgan fingerprint density at radius 2 is 1.69 bits per heavy atom. The number of aryl methyl sites for hydroxylation is 2. The molecule has 2 aromatic carbocycles. The Morgan fingerprint density at radius 1 is 1.00 bits per heavy atom. The van der Waals surface area contributed by atoms with Crippen molar-refractivity contribution in [2.24, 2.45) is 0 Å². The van der Waals surface area contributed by atoms with Gasteiger partial charge in [0.15, 0.2) is 0 Å². The predicted octanol–water partition coefficient (Wildman–Crippen LogP) is 2.93. The number of carbonyl (C=O) groups excluding carboxylic acids is 3. The van der Waals surface area contributed by atoms with E-state index in [1.54, 1.807) is 30.1 Å². The van der Waals surface area contributed by atoms with Gasteiger partial charge in [0.1, 0.15) is 0 Å². The van der Waals surface area contributed by atoms with E-state index < -0.39 is 0 Å². The zero-order valence-electron chi connectivity index (χ0n) is 17.0. The number of hydrogen-bond acceptors (Lipinski definition) is 4. The Balaban J connectivity index is 1.65. The molecule has 6 heteroatoms. The lowest BCUT2D eigenvalue weighted by atomic mass is 10.0. The summed E-state index contributed by atoms with van der Waals surface area (Å²) in [7, 11) is 1.81. The molecule has 4 rings (SSSR count). The second-order valence-electron chi connectivity index (χ2n) is 7.89. The molecule has 0 atom stereocenters. The first-order valence-electron chi connectivity index (χ1n) is 9.96. The highest BCUT2D eigenvalue weighted by atomic mass is 16.2. The van der Waals surface area contributed by atoms with Gasteiger partial charge >= 0.3 is 0 Å². The van der Waals surface area contributed by atoms with Crippen LogP contribution in [0.3, 0.4) is 0 Å². The number of fused-ring (bicyclic) bond motifs is 1. The monoisotopic (exact) mass is 391 g/mol. The third kappa shape index (κ3) is 3.34. The number of rotatable bonds is 3. The van der Waals surface area contributed by atoms with E-state index in [0.717, 1.165) is 37.1 Å². The summed E-state index contributed by atoms with van der Waals surface area (Å²) in [6.07, 6.45) is 1.82. The van der Waals surface area contributed by atoms with Crippen molar-refractivity contribution in [2.75, 3.05) is 25.0 Å². The van der Waals surface area contributed by atoms with Gasteiger partial charge in [-0.1, -0.05) is 12.1 Å². The highest BCUT2D eigenvalue weighted by Gasteiger charge is 2.38. The standard InChI is InChI=1S/C23H25N3O3/c1-14-4-5-15(2)20(12-14)26-22(28)18-7-6-16(13-19(18)23(26)29)21(27)25(3)17-8-10-24-11-9-17/h4-7,12-13,17,24H,8-11H2,1-3H3. The van der Waals surface area contributed by atoms with Gasteiger partial charge in [-0.2, -0.15) is 0 Å². The number of nitrogens with one attached hydrogen (secondary N) is 1. The fourth-order valence-electron chi connectivity index (χ4n) is 4.12. The van der Waals surface area contributed by atoms with Crippen LogP contribution in [0.2, 0.25) is 0 Å². The molecule has 2 aliphatic rings. The number of carbonyl (C=O) groups is 3. The van der Waals surface area contributed by atoms with Crippen molar-refractivity contribution < 1.29 is 14.4 Å². The minimum absolute atomic E-state index is 0.120. The molecule has 29 heavy (non-hydrogen) atoms. The van der Waals surface area contributed by atoms with Gasteiger partial charge in [0.25, 0.3) is 17.7 Å². The fourth-order valence-corrected chi connectivity index (χ4v) is 4.12. The number of anilines is 1. The van der Waals surface area contributed by atoms with Gasteiger partial charge in [0, 0.05) is 18.7 Å². The second-order valence-corrected chi connectivity index (χ2v) is 7.89. The SMILES string of the molecule is Cc1ccc(C)c(N2C(=O)c3ccc(C(=O)N(C)C4CCNCC4)cc3C2=O)c1. The molecule has 150 valence electrons. The molecule has 3 amide bonds. The first kappa shape index (κ1) is 19.3. The van der Waals surface area contributed by atoms with E-state index in [-0.39, 0.29) is 23.8 Å². The smallest absolute Gasteiger partial charge is 0.266 e. The Hall–Kier alpha value is -2.99. The molecule has 0 unspecified atom stereocenters. The number of benzene rings is 2. The molecule has 2 heterocycles. The fraction of sp³-hybridized carbons (Fsp3) is 0.348. The lowest BCUT2D eigenvalue weighted by Crippen LogP contribution is -2.44. The van der Waals surface area contributed by atoms with Gasteiger partial charge in [0.2, 0.25) is 0 Å². The third-order valence-corrected chi connectivity index (χ3v) is 5.92. The summed E-state index contributed by atoms with van der Waals surface area (Å²) in [5, 5.41) is 3.30. The molecular weight excluding hydrogens is 366 g/mol. The van der Waals surface area contributed by atoms with Crippen LogP contribution in [0, 0.1) is 13.8 Å². The summed E-state index contributed by atoms with van der Waals surface area (Å²) in [4.78, 5) is 42.0. The summed E-state index contributed by atoms with van der Waals surface area (Å²) in [6.45, 7) is 5.59. The molecule has 1 N–H and O–H groups in total. The predicted molar refractivity (Wildman–Crippen MR) is 111 cm³/mol. The Labute approximate surface area is 170 Å². The number of amides is 3. The summed E-state index contributed by atoms with van der Waals surface area (Å²) >= 11 is 0. The molecule has 1 saturated heterocycles. The van der Waals surface area contributed by atoms with E-state index in [2.05, 4.69) is 5.32 Å². The minimum Gasteiger partial charge on any atom is -0.339 e. The lowest BCUT2D eigenvalue weighted by Gasteiger charge is -2.31. The molecule has 6 nitrogen and oxygen atoms in total. The molecular formula is C23H25N3O3. The van der Waals surface area contributed by atoms with Crippen molar-refractivity contribution in [2.45, 2.75) is 32.7 Å². The van der Waals surface area contributed by atoms with Crippen LogP contribution in [-0.2, 0) is 0 Å². The highest BCUT2D eigenvalue weighted by molar-refractivity contribution is 6.35. The summed E-state index contributed by atoms with van der Waals surface area (Å²) < 4.78 is 0. The molecule has 0 aliphatic carbocycles. The topological polar surface area (TPSA) is 69.7 Å². The van der Waals surface area contributed by atoms with Gasteiger partial charge in [0.05, 0.1) is 16.8 Å². The van der Waals surface area contributed by atoms with Crippen molar-refractivity contribution in [1.82, 2.24) is 10.2 Å². The van der Waals surface area contributed by atoms with Crippen LogP contribution in [0.25, 0.3) is 0 Å². The lowest BCUT2D eigenvalue weighted by molar-refractivity contribution is 0.0703. The van der Waals surface area contributed by atoms with Crippen LogP contribution in [0.1, 0.15) is 55.0 Å². The van der Waals surface area contributed by atoms with Crippen LogP contribution in [-0.4, -0.2) is 48.8 Å². The summed E-state index contributed by atoms with van der Waals surface area (Å²) in [5.41, 5.74) is 3.50. The van der Waals surface area contributed by atoms with Crippen molar-refractivity contribution in [1.29, 1.82) is 0 Å². The van der Waals surface area contributed by atoms with E-state index in [4.69, 9.17) is 0 Å². The maximum absolute atomic E-state index is 13.1. The minimum atomic E-state index is -0.377. The number of imide groups is 1. The average Bonchev–Trinajstić information content (AvgIpc) is 2.99. The first-order valence-corrected chi connectivity index (χ1v) is 9.96. The first-order chi connectivity index (χ1) is 13.9. The molecule has 0 radical (unpaired) electrons. The van der Waals surface area contributed by atoms with E-state index in [0.29, 0.717) is 22.4 Å². The number of piperidine rings is 1. The Kier molecular flexibility index (Phi) is 4.96. The van der Waals surface area contributed by atoms with E-state index >= 15 is 0 Å². The van der Waals surface area contributed by atoms with Gasteiger partial charge in [-0.15, -0.1) is 0 Å². The molecule has 0 saturated carbocycles. The normalized spacial score (nSPS) is 16.9. The van der Waals surface area contributed by atoms with Gasteiger partial charge in [-0.25, -0.2) is 4.90 Å². The average molecular weight is 391 g/mol. The molecule has 0 spiro atoms. The van der Waals surface area contributed by atoms with Crippen molar-refractivity contribution in [3.05, 3.63) is 64.2 Å². The van der Waals surface area contributed by atoms with Crippen molar-refractivity contribution in [3.63, 3.8) is 0 Å². The van der Waals surface area contributed by atoms with Crippen LogP contribution in [0.5, 0.6) is 0 Å². The molecule has 2 aliphatic heterocycles. The van der Waals surface area contributed by atoms with Crippen molar-refractivity contribution >= 4 is 23.4 Å². The van der Waals surface area contributed by atoms with Crippen molar-refractivity contribution in [3.8, 4) is 0 Å². The van der Waals surface area contributed by atoms with Crippen LogP contribution in [0.4, 0.5) is 5.69 Å². The van der Waals surface area contributed by atoms with Crippen LogP contribution in [0.15, 0.2) is 36.4 Å². The zero-order valence-corrected chi connectivity index (χ0v) is 17.0. The summed E-state index contributed by atoms with van der Waals surface area (Å²) in [6, 6.07) is 10.7. The quantitative estimate of drug-likeness (QED) is 0.817. The maximum atomic E-state index is 13.1. The maximum Gasteiger partial charge on any atom is 0.266 e. The largest absolute Gasteiger partial charge is 0.339 e. The summed E-state index contributed by atoms with van der Waals surface area (Å²) in [5.74, 6) is -0.840. The van der Waals surface area contributed by atoms with E-state index in [1.807, 2.05) is 32.0 Å². The molecule has 1 fully saturated rings. The van der Waals surface area contributed by atoms with Crippen LogP contribution < -0.4 is 10.2 Å². The molecule has 0 aromatic heterocycles. The molecule has 2 aromatic rings. The molecule has 0 bridgehead atoms. The zero-order chi connectivity index (χ0) is 20.7. The van der Waals surface area contributed by atoms with Gasteiger partial charge in [-0.05, 0) is 75.2 Å². The van der Waals surface area contributed by atoms with E-state index in [9.17, 15) is 14.4 Å². The Bertz CT molecular complexity index is 1010. The number of nitrogens with zero attached hydrogens (tertiary/aromatic N) is 2.